The highest BCUT2D eigenvalue weighted by Gasteiger charge is 2.12. The first-order chi connectivity index (χ1) is 12.5. The molecule has 3 rings (SSSR count). The molecule has 2 amide bonds. The molecule has 0 bridgehead atoms. The molecular formula is C21H19ClN2O2. The average Bonchev–Trinajstić information content (AvgIpc) is 2.65. The first-order valence-electron chi connectivity index (χ1n) is 8.35. The van der Waals surface area contributed by atoms with E-state index in [2.05, 4.69) is 10.6 Å². The van der Waals surface area contributed by atoms with Gasteiger partial charge in [-0.2, -0.15) is 0 Å². The Morgan fingerprint density at radius 3 is 2.50 bits per heavy atom. The molecule has 132 valence electrons. The van der Waals surface area contributed by atoms with Gasteiger partial charge in [0.15, 0.2) is 0 Å². The third-order valence-corrected chi connectivity index (χ3v) is 4.38. The molecule has 4 nitrogen and oxygen atoms in total. The Hall–Kier alpha value is -2.85. The lowest BCUT2D eigenvalue weighted by Crippen LogP contribution is -2.38. The number of benzene rings is 3. The van der Waals surface area contributed by atoms with Gasteiger partial charge in [-0.3, -0.25) is 9.59 Å². The molecule has 26 heavy (non-hydrogen) atoms. The van der Waals surface area contributed by atoms with Gasteiger partial charge in [0.05, 0.1) is 12.6 Å². The van der Waals surface area contributed by atoms with Gasteiger partial charge >= 0.3 is 0 Å². The third-order valence-electron chi connectivity index (χ3n) is 4.15. The van der Waals surface area contributed by atoms with E-state index in [9.17, 15) is 9.59 Å². The van der Waals surface area contributed by atoms with Crippen molar-refractivity contribution >= 4 is 34.2 Å². The predicted octanol–water partition coefficient (Wildman–Crippen LogP) is 4.10. The van der Waals surface area contributed by atoms with Crippen LogP contribution in [0.1, 0.15) is 28.9 Å². The largest absolute Gasteiger partial charge is 0.348 e. The lowest BCUT2D eigenvalue weighted by Gasteiger charge is -2.15. The van der Waals surface area contributed by atoms with E-state index in [0.717, 1.165) is 16.3 Å². The molecule has 0 saturated carbocycles. The summed E-state index contributed by atoms with van der Waals surface area (Å²) in [5.41, 5.74) is 1.44. The second-order valence-electron chi connectivity index (χ2n) is 6.09. The minimum absolute atomic E-state index is 0.0867. The first-order valence-corrected chi connectivity index (χ1v) is 8.72. The Morgan fingerprint density at radius 1 is 0.962 bits per heavy atom. The Kier molecular flexibility index (Phi) is 5.54. The van der Waals surface area contributed by atoms with Crippen LogP contribution in [0.5, 0.6) is 0 Å². The molecule has 3 aromatic carbocycles. The molecule has 5 heteroatoms. The SMILES string of the molecule is CC(NC(=O)CNC(=O)c1ccc2ccccc2c1)c1cccc(Cl)c1. The molecule has 0 spiro atoms. The van der Waals surface area contributed by atoms with Crippen LogP contribution < -0.4 is 10.6 Å². The van der Waals surface area contributed by atoms with Crippen LogP contribution in [0.25, 0.3) is 10.8 Å². The van der Waals surface area contributed by atoms with Crippen molar-refractivity contribution in [1.82, 2.24) is 10.6 Å². The summed E-state index contributed by atoms with van der Waals surface area (Å²) in [5.74, 6) is -0.534. The normalized spacial score (nSPS) is 11.8. The molecule has 2 N–H and O–H groups in total. The van der Waals surface area contributed by atoms with Gasteiger partial charge in [-0.1, -0.05) is 54.1 Å². The van der Waals surface area contributed by atoms with E-state index in [1.165, 1.54) is 0 Å². The highest BCUT2D eigenvalue weighted by atomic mass is 35.5. The van der Waals surface area contributed by atoms with Crippen molar-refractivity contribution in [2.24, 2.45) is 0 Å². The number of carbonyl (C=O) groups excluding carboxylic acids is 2. The van der Waals surface area contributed by atoms with Crippen molar-refractivity contribution in [3.05, 3.63) is 82.9 Å². The summed E-state index contributed by atoms with van der Waals surface area (Å²) < 4.78 is 0. The zero-order chi connectivity index (χ0) is 18.5. The topological polar surface area (TPSA) is 58.2 Å². The standard InChI is InChI=1S/C21H19ClN2O2/c1-14(16-7-4-8-19(22)12-16)24-20(25)13-23-21(26)18-10-9-15-5-2-3-6-17(15)11-18/h2-12,14H,13H2,1H3,(H,23,26)(H,24,25). The number of amides is 2. The smallest absolute Gasteiger partial charge is 0.251 e. The fourth-order valence-corrected chi connectivity index (χ4v) is 2.94. The summed E-state index contributed by atoms with van der Waals surface area (Å²) >= 11 is 5.97. The van der Waals surface area contributed by atoms with E-state index in [4.69, 9.17) is 11.6 Å². The van der Waals surface area contributed by atoms with Crippen LogP contribution in [-0.4, -0.2) is 18.4 Å². The Balaban J connectivity index is 1.57. The molecule has 0 aliphatic rings. The van der Waals surface area contributed by atoms with Gasteiger partial charge in [0.2, 0.25) is 5.91 Å². The van der Waals surface area contributed by atoms with Gasteiger partial charge < -0.3 is 10.6 Å². The minimum atomic E-state index is -0.277. The van der Waals surface area contributed by atoms with Gasteiger partial charge in [0, 0.05) is 10.6 Å². The molecule has 0 fully saturated rings. The maximum Gasteiger partial charge on any atom is 0.251 e. The number of hydrogen-bond donors (Lipinski definition) is 2. The molecular weight excluding hydrogens is 348 g/mol. The maximum atomic E-state index is 12.3. The van der Waals surface area contributed by atoms with E-state index in [-0.39, 0.29) is 24.4 Å². The van der Waals surface area contributed by atoms with Crippen LogP contribution in [-0.2, 0) is 4.79 Å². The number of carbonyl (C=O) groups is 2. The van der Waals surface area contributed by atoms with Gasteiger partial charge in [0.25, 0.3) is 5.91 Å². The van der Waals surface area contributed by atoms with E-state index < -0.39 is 0 Å². The molecule has 0 aliphatic carbocycles. The summed E-state index contributed by atoms with van der Waals surface area (Å²) in [6.45, 7) is 1.78. The van der Waals surface area contributed by atoms with E-state index >= 15 is 0 Å². The fourth-order valence-electron chi connectivity index (χ4n) is 2.74. The van der Waals surface area contributed by atoms with Gasteiger partial charge in [0.1, 0.15) is 0 Å². The zero-order valence-electron chi connectivity index (χ0n) is 14.3. The molecule has 3 aromatic rings. The van der Waals surface area contributed by atoms with Crippen molar-refractivity contribution in [1.29, 1.82) is 0 Å². The quantitative estimate of drug-likeness (QED) is 0.714. The molecule has 1 unspecified atom stereocenters. The van der Waals surface area contributed by atoms with E-state index in [1.807, 2.05) is 55.5 Å². The number of nitrogens with one attached hydrogen (secondary N) is 2. The molecule has 0 aliphatic heterocycles. The van der Waals surface area contributed by atoms with Crippen LogP contribution in [0.2, 0.25) is 5.02 Å². The van der Waals surface area contributed by atoms with Crippen LogP contribution in [0.4, 0.5) is 0 Å². The summed E-state index contributed by atoms with van der Waals surface area (Å²) in [4.78, 5) is 24.4. The van der Waals surface area contributed by atoms with Crippen LogP contribution in [0.3, 0.4) is 0 Å². The molecule has 0 radical (unpaired) electrons. The third kappa shape index (κ3) is 4.41. The van der Waals surface area contributed by atoms with E-state index in [1.54, 1.807) is 18.2 Å². The molecule has 0 heterocycles. The van der Waals surface area contributed by atoms with Crippen molar-refractivity contribution in [3.8, 4) is 0 Å². The second kappa shape index (κ2) is 8.02. The second-order valence-corrected chi connectivity index (χ2v) is 6.53. The fraction of sp³-hybridized carbons (Fsp3) is 0.143. The van der Waals surface area contributed by atoms with Crippen LogP contribution in [0.15, 0.2) is 66.7 Å². The predicted molar refractivity (Wildman–Crippen MR) is 104 cm³/mol. The number of rotatable bonds is 5. The monoisotopic (exact) mass is 366 g/mol. The lowest BCUT2D eigenvalue weighted by molar-refractivity contribution is -0.120. The first kappa shape index (κ1) is 18.0. The van der Waals surface area contributed by atoms with Gasteiger partial charge in [-0.15, -0.1) is 0 Å². The Labute approximate surface area is 157 Å². The molecule has 0 saturated heterocycles. The zero-order valence-corrected chi connectivity index (χ0v) is 15.1. The number of fused-ring (bicyclic) bond motifs is 1. The van der Waals surface area contributed by atoms with Gasteiger partial charge in [-0.05, 0) is 47.5 Å². The number of halogens is 1. The number of hydrogen-bond acceptors (Lipinski definition) is 2. The summed E-state index contributed by atoms with van der Waals surface area (Å²) in [6, 6.07) is 20.4. The summed E-state index contributed by atoms with van der Waals surface area (Å²) in [7, 11) is 0. The lowest BCUT2D eigenvalue weighted by atomic mass is 10.1. The highest BCUT2D eigenvalue weighted by molar-refractivity contribution is 6.30. The Morgan fingerprint density at radius 2 is 1.73 bits per heavy atom. The van der Waals surface area contributed by atoms with Crippen molar-refractivity contribution in [3.63, 3.8) is 0 Å². The Bertz CT molecular complexity index is 955. The summed E-state index contributed by atoms with van der Waals surface area (Å²) in [5, 5.41) is 8.17. The summed E-state index contributed by atoms with van der Waals surface area (Å²) in [6.07, 6.45) is 0. The van der Waals surface area contributed by atoms with Crippen molar-refractivity contribution in [2.45, 2.75) is 13.0 Å². The molecule has 0 aromatic heterocycles. The van der Waals surface area contributed by atoms with Crippen molar-refractivity contribution in [2.75, 3.05) is 6.54 Å². The van der Waals surface area contributed by atoms with Crippen LogP contribution >= 0.6 is 11.6 Å². The maximum absolute atomic E-state index is 12.3. The van der Waals surface area contributed by atoms with Crippen LogP contribution in [0, 0.1) is 0 Å². The van der Waals surface area contributed by atoms with E-state index in [0.29, 0.717) is 10.6 Å². The molecule has 1 atom stereocenters. The highest BCUT2D eigenvalue weighted by Crippen LogP contribution is 2.17. The van der Waals surface area contributed by atoms with Crippen molar-refractivity contribution < 1.29 is 9.59 Å². The minimum Gasteiger partial charge on any atom is -0.348 e. The van der Waals surface area contributed by atoms with Gasteiger partial charge in [-0.25, -0.2) is 0 Å². The average molecular weight is 367 g/mol.